The number of amides is 1. The van der Waals surface area contributed by atoms with Gasteiger partial charge in [-0.25, -0.2) is 4.98 Å². The van der Waals surface area contributed by atoms with Gasteiger partial charge in [0.2, 0.25) is 0 Å². The molecule has 1 saturated heterocycles. The molecular formula is C13H20N3O3S+. The van der Waals surface area contributed by atoms with Crippen molar-refractivity contribution in [1.82, 2.24) is 4.98 Å². The molecule has 0 bridgehead atoms. The van der Waals surface area contributed by atoms with Crippen molar-refractivity contribution in [3.05, 3.63) is 11.6 Å². The van der Waals surface area contributed by atoms with Crippen molar-refractivity contribution in [1.29, 1.82) is 0 Å². The van der Waals surface area contributed by atoms with Crippen LogP contribution in [0.25, 0.3) is 0 Å². The van der Waals surface area contributed by atoms with E-state index in [1.165, 1.54) is 11.3 Å². The third kappa shape index (κ3) is 4.28. The minimum Gasteiger partial charge on any atom is -0.466 e. The molecule has 2 heterocycles. The number of nitrogens with zero attached hydrogens (tertiary/aromatic N) is 1. The maximum Gasteiger partial charge on any atom is 0.314 e. The summed E-state index contributed by atoms with van der Waals surface area (Å²) in [6.45, 7) is 4.18. The molecule has 1 unspecified atom stereocenters. The van der Waals surface area contributed by atoms with Crippen LogP contribution in [0.5, 0.6) is 0 Å². The van der Waals surface area contributed by atoms with Crippen LogP contribution in [-0.2, 0) is 14.3 Å². The fourth-order valence-corrected chi connectivity index (χ4v) is 2.99. The molecule has 0 aromatic carbocycles. The lowest BCUT2D eigenvalue weighted by Gasteiger charge is -2.28. The minimum atomic E-state index is -0.134. The Morgan fingerprint density at radius 2 is 2.45 bits per heavy atom. The first-order valence-electron chi connectivity index (χ1n) is 6.88. The summed E-state index contributed by atoms with van der Waals surface area (Å²) in [6.07, 6.45) is 3.46. The van der Waals surface area contributed by atoms with Gasteiger partial charge in [-0.05, 0) is 19.8 Å². The van der Waals surface area contributed by atoms with E-state index in [0.717, 1.165) is 24.3 Å². The van der Waals surface area contributed by atoms with E-state index >= 15 is 0 Å². The second kappa shape index (κ2) is 7.35. The zero-order valence-corrected chi connectivity index (χ0v) is 12.4. The second-order valence-electron chi connectivity index (χ2n) is 4.86. The molecule has 2 rings (SSSR count). The molecule has 2 atom stereocenters. The molecule has 2 N–H and O–H groups in total. The highest BCUT2D eigenvalue weighted by Crippen LogP contribution is 2.10. The third-order valence-corrected chi connectivity index (χ3v) is 4.02. The number of hydrogen-bond donors (Lipinski definition) is 2. The molecule has 1 aliphatic heterocycles. The minimum absolute atomic E-state index is 0.0561. The van der Waals surface area contributed by atoms with Crippen molar-refractivity contribution in [2.75, 3.05) is 31.6 Å². The molecule has 0 saturated carbocycles. The predicted molar refractivity (Wildman–Crippen MR) is 75.7 cm³/mol. The molecule has 1 aromatic heterocycles. The number of carbonyl (C=O) groups is 2. The number of carbonyl (C=O) groups excluding carboxylic acids is 2. The lowest BCUT2D eigenvalue weighted by Crippen LogP contribution is -3.14. The highest BCUT2D eigenvalue weighted by atomic mass is 32.1. The Labute approximate surface area is 122 Å². The average molecular weight is 298 g/mol. The van der Waals surface area contributed by atoms with Gasteiger partial charge < -0.3 is 9.64 Å². The summed E-state index contributed by atoms with van der Waals surface area (Å²) in [6, 6.07) is 0. The fourth-order valence-electron chi connectivity index (χ4n) is 2.45. The van der Waals surface area contributed by atoms with E-state index in [0.29, 0.717) is 24.8 Å². The number of rotatable bonds is 5. The van der Waals surface area contributed by atoms with Crippen molar-refractivity contribution < 1.29 is 19.2 Å². The SMILES string of the molecule is CCOC(=O)[C@@H]1CCC[NH+](CC(=O)Nc2nccs2)C1. The third-order valence-electron chi connectivity index (χ3n) is 3.33. The van der Waals surface area contributed by atoms with Gasteiger partial charge in [0.05, 0.1) is 19.7 Å². The second-order valence-corrected chi connectivity index (χ2v) is 5.75. The van der Waals surface area contributed by atoms with E-state index in [9.17, 15) is 9.59 Å². The molecule has 110 valence electrons. The molecular weight excluding hydrogens is 278 g/mol. The van der Waals surface area contributed by atoms with Crippen molar-refractivity contribution in [2.45, 2.75) is 19.8 Å². The van der Waals surface area contributed by atoms with Gasteiger partial charge in [0.1, 0.15) is 5.92 Å². The summed E-state index contributed by atoms with van der Waals surface area (Å²) in [7, 11) is 0. The Balaban J connectivity index is 1.80. The van der Waals surface area contributed by atoms with Crippen molar-refractivity contribution in [2.24, 2.45) is 5.92 Å². The van der Waals surface area contributed by atoms with Gasteiger partial charge in [-0.2, -0.15) is 0 Å². The number of hydrogen-bond acceptors (Lipinski definition) is 5. The molecule has 20 heavy (non-hydrogen) atoms. The summed E-state index contributed by atoms with van der Waals surface area (Å²) in [5.41, 5.74) is 0. The first-order valence-corrected chi connectivity index (χ1v) is 7.76. The van der Waals surface area contributed by atoms with Crippen LogP contribution < -0.4 is 10.2 Å². The van der Waals surface area contributed by atoms with E-state index < -0.39 is 0 Å². The van der Waals surface area contributed by atoms with E-state index in [1.54, 1.807) is 6.20 Å². The Hall–Kier alpha value is -1.47. The average Bonchev–Trinajstić information content (AvgIpc) is 2.92. The lowest BCUT2D eigenvalue weighted by molar-refractivity contribution is -0.899. The number of likely N-dealkylation sites (tertiary alicyclic amines) is 1. The maximum atomic E-state index is 11.9. The van der Waals surface area contributed by atoms with Crippen LogP contribution in [0.3, 0.4) is 0 Å². The lowest BCUT2D eigenvalue weighted by atomic mass is 9.98. The van der Waals surface area contributed by atoms with Crippen LogP contribution in [0, 0.1) is 5.92 Å². The van der Waals surface area contributed by atoms with Gasteiger partial charge in [-0.15, -0.1) is 11.3 Å². The number of esters is 1. The monoisotopic (exact) mass is 298 g/mol. The molecule has 1 amide bonds. The molecule has 1 aromatic rings. The Morgan fingerprint density at radius 1 is 1.60 bits per heavy atom. The molecule has 0 aliphatic carbocycles. The standard InChI is InChI=1S/C13H19N3O3S/c1-2-19-12(18)10-4-3-6-16(8-10)9-11(17)15-13-14-5-7-20-13/h5,7,10H,2-4,6,8-9H2,1H3,(H,14,15,17)/p+1/t10-/m1/s1. The first kappa shape index (κ1) is 14.9. The number of piperidine rings is 1. The van der Waals surface area contributed by atoms with Gasteiger partial charge in [0.15, 0.2) is 11.7 Å². The van der Waals surface area contributed by atoms with Crippen LogP contribution in [0.2, 0.25) is 0 Å². The molecule has 6 nitrogen and oxygen atoms in total. The molecule has 1 aliphatic rings. The smallest absolute Gasteiger partial charge is 0.314 e. The predicted octanol–water partition coefficient (Wildman–Crippen LogP) is -0.0604. The zero-order valence-electron chi connectivity index (χ0n) is 11.6. The van der Waals surface area contributed by atoms with Gasteiger partial charge in [0, 0.05) is 11.6 Å². The number of aromatic nitrogens is 1. The van der Waals surface area contributed by atoms with Gasteiger partial charge >= 0.3 is 5.97 Å². The molecule has 7 heteroatoms. The van der Waals surface area contributed by atoms with E-state index in [4.69, 9.17) is 4.74 Å². The van der Waals surface area contributed by atoms with Crippen molar-refractivity contribution >= 4 is 28.3 Å². The van der Waals surface area contributed by atoms with E-state index in [2.05, 4.69) is 10.3 Å². The first-order chi connectivity index (χ1) is 9.69. The van der Waals surface area contributed by atoms with Gasteiger partial charge in [0.25, 0.3) is 5.91 Å². The van der Waals surface area contributed by atoms with Crippen LogP contribution in [0.4, 0.5) is 5.13 Å². The maximum absolute atomic E-state index is 11.9. The van der Waals surface area contributed by atoms with E-state index in [1.807, 2.05) is 12.3 Å². The topological polar surface area (TPSA) is 72.7 Å². The van der Waals surface area contributed by atoms with E-state index in [-0.39, 0.29) is 17.8 Å². The van der Waals surface area contributed by atoms with Crippen LogP contribution in [0.15, 0.2) is 11.6 Å². The molecule has 0 radical (unpaired) electrons. The number of anilines is 1. The Bertz CT molecular complexity index is 450. The van der Waals surface area contributed by atoms with Crippen LogP contribution >= 0.6 is 11.3 Å². The summed E-state index contributed by atoms with van der Waals surface area (Å²) in [5.74, 6) is -0.268. The highest BCUT2D eigenvalue weighted by Gasteiger charge is 2.30. The molecule has 0 spiro atoms. The summed E-state index contributed by atoms with van der Waals surface area (Å²) < 4.78 is 5.06. The highest BCUT2D eigenvalue weighted by molar-refractivity contribution is 7.13. The van der Waals surface area contributed by atoms with Crippen molar-refractivity contribution in [3.63, 3.8) is 0 Å². The normalized spacial score (nSPS) is 22.2. The summed E-state index contributed by atoms with van der Waals surface area (Å²) >= 11 is 1.40. The van der Waals surface area contributed by atoms with Gasteiger partial charge in [-0.1, -0.05) is 0 Å². The fraction of sp³-hybridized carbons (Fsp3) is 0.615. The quantitative estimate of drug-likeness (QED) is 0.747. The summed E-state index contributed by atoms with van der Waals surface area (Å²) in [5, 5.41) is 5.21. The van der Waals surface area contributed by atoms with Crippen LogP contribution in [0.1, 0.15) is 19.8 Å². The zero-order chi connectivity index (χ0) is 14.4. The Kier molecular flexibility index (Phi) is 5.49. The van der Waals surface area contributed by atoms with Crippen LogP contribution in [-0.4, -0.2) is 43.1 Å². The molecule has 1 fully saturated rings. The number of quaternary nitrogens is 1. The number of ether oxygens (including phenoxy) is 1. The Morgan fingerprint density at radius 3 is 3.15 bits per heavy atom. The number of thiazole rings is 1. The van der Waals surface area contributed by atoms with Crippen molar-refractivity contribution in [3.8, 4) is 0 Å². The largest absolute Gasteiger partial charge is 0.466 e. The van der Waals surface area contributed by atoms with Gasteiger partial charge in [-0.3, -0.25) is 14.9 Å². The number of nitrogens with one attached hydrogen (secondary N) is 2. The summed E-state index contributed by atoms with van der Waals surface area (Å²) in [4.78, 5) is 28.8.